The van der Waals surface area contributed by atoms with Gasteiger partial charge in [0.1, 0.15) is 11.4 Å². The van der Waals surface area contributed by atoms with E-state index in [2.05, 4.69) is 15.3 Å². The van der Waals surface area contributed by atoms with E-state index in [4.69, 9.17) is 16.3 Å². The number of ether oxygens (including phenoxy) is 1. The Morgan fingerprint density at radius 2 is 1.94 bits per heavy atom. The van der Waals surface area contributed by atoms with E-state index in [1.54, 1.807) is 30.7 Å². The maximum absolute atomic E-state index is 12.9. The number of hydrogen-bond donors (Lipinski definition) is 1. The molecule has 180 valence electrons. The second kappa shape index (κ2) is 7.30. The number of ketones is 1. The summed E-state index contributed by atoms with van der Waals surface area (Å²) in [7, 11) is 0. The second-order valence-electron chi connectivity index (χ2n) is 9.49. The number of alkyl halides is 3. The van der Waals surface area contributed by atoms with Gasteiger partial charge in [-0.25, -0.2) is 4.98 Å². The number of benzene rings is 1. The summed E-state index contributed by atoms with van der Waals surface area (Å²) in [5, 5.41) is 3.48. The third-order valence-corrected chi connectivity index (χ3v) is 7.28. The van der Waals surface area contributed by atoms with Gasteiger partial charge in [0.2, 0.25) is 0 Å². The van der Waals surface area contributed by atoms with Gasteiger partial charge in [-0.05, 0) is 49.6 Å². The number of rotatable bonds is 4. The number of carbonyl (C=O) groups excluding carboxylic acids is 2. The number of carbonyl (C=O) groups is 2. The van der Waals surface area contributed by atoms with Crippen molar-refractivity contribution in [2.45, 2.75) is 49.0 Å². The van der Waals surface area contributed by atoms with E-state index in [1.807, 2.05) is 4.57 Å². The Kier molecular flexibility index (Phi) is 4.61. The summed E-state index contributed by atoms with van der Waals surface area (Å²) >= 11 is 5.94. The predicted molar refractivity (Wildman–Crippen MR) is 118 cm³/mol. The third-order valence-electron chi connectivity index (χ3n) is 7.05. The van der Waals surface area contributed by atoms with Gasteiger partial charge in [0, 0.05) is 28.5 Å². The summed E-state index contributed by atoms with van der Waals surface area (Å²) in [6.07, 6.45) is 1.26. The summed E-state index contributed by atoms with van der Waals surface area (Å²) in [6, 6.07) is 7.03. The van der Waals surface area contributed by atoms with Crippen LogP contribution in [0.1, 0.15) is 41.7 Å². The van der Waals surface area contributed by atoms with Gasteiger partial charge in [0.15, 0.2) is 11.9 Å². The minimum Gasteiger partial charge on any atom is -0.479 e. The lowest BCUT2D eigenvalue weighted by atomic mass is 9.44. The highest BCUT2D eigenvalue weighted by Crippen LogP contribution is 2.65. The van der Waals surface area contributed by atoms with Crippen molar-refractivity contribution in [3.05, 3.63) is 65.3 Å². The van der Waals surface area contributed by atoms with Crippen molar-refractivity contribution in [2.24, 2.45) is 0 Å². The van der Waals surface area contributed by atoms with Crippen LogP contribution in [0.25, 0.3) is 11.3 Å². The zero-order chi connectivity index (χ0) is 24.6. The average molecular weight is 503 g/mol. The molecule has 1 aromatic carbocycles. The lowest BCUT2D eigenvalue weighted by Gasteiger charge is -2.70. The molecule has 4 aliphatic rings. The van der Waals surface area contributed by atoms with E-state index >= 15 is 0 Å². The van der Waals surface area contributed by atoms with Crippen LogP contribution < -0.4 is 10.1 Å². The lowest BCUT2D eigenvalue weighted by molar-refractivity contribution is -0.160. The molecule has 0 radical (unpaired) electrons. The van der Waals surface area contributed by atoms with Gasteiger partial charge >= 0.3 is 6.18 Å². The maximum Gasteiger partial charge on any atom is 0.433 e. The minimum absolute atomic E-state index is 0.0492. The largest absolute Gasteiger partial charge is 0.479 e. The van der Waals surface area contributed by atoms with Crippen LogP contribution in [0.4, 0.5) is 13.2 Å². The fourth-order valence-corrected chi connectivity index (χ4v) is 5.54. The van der Waals surface area contributed by atoms with Crippen molar-refractivity contribution in [1.29, 1.82) is 0 Å². The number of nitrogens with one attached hydrogen (secondary N) is 1. The van der Waals surface area contributed by atoms with Crippen molar-refractivity contribution in [2.75, 3.05) is 0 Å². The molecule has 3 saturated carbocycles. The first-order valence-electron chi connectivity index (χ1n) is 11.0. The van der Waals surface area contributed by atoms with Crippen LogP contribution >= 0.6 is 11.6 Å². The zero-order valence-corrected chi connectivity index (χ0v) is 18.9. The molecule has 3 aliphatic carbocycles. The normalized spacial score (nSPS) is 26.7. The summed E-state index contributed by atoms with van der Waals surface area (Å²) in [6.45, 7) is 0. The predicted octanol–water partition coefficient (Wildman–Crippen LogP) is 4.40. The topological polar surface area (TPSA) is 86.1 Å². The molecule has 0 spiro atoms. The molecular weight excluding hydrogens is 485 g/mol. The fraction of sp³-hybridized carbons (Fsp3) is 0.333. The molecule has 1 amide bonds. The maximum atomic E-state index is 12.9. The molecule has 7 nitrogen and oxygen atoms in total. The third kappa shape index (κ3) is 3.58. The van der Waals surface area contributed by atoms with E-state index in [9.17, 15) is 22.8 Å². The first kappa shape index (κ1) is 22.1. The summed E-state index contributed by atoms with van der Waals surface area (Å²) in [5.74, 6) is -0.162. The highest BCUT2D eigenvalue weighted by Gasteiger charge is 2.70. The van der Waals surface area contributed by atoms with Gasteiger partial charge in [-0.15, -0.1) is 0 Å². The first-order valence-corrected chi connectivity index (χ1v) is 11.3. The number of nitrogens with zero attached hydrogens (tertiary/aromatic N) is 3. The van der Waals surface area contributed by atoms with Gasteiger partial charge in [0.25, 0.3) is 5.91 Å². The van der Waals surface area contributed by atoms with Crippen molar-refractivity contribution < 1.29 is 27.5 Å². The fourth-order valence-electron chi connectivity index (χ4n) is 5.37. The quantitative estimate of drug-likeness (QED) is 0.571. The van der Waals surface area contributed by atoms with Crippen LogP contribution in [0.5, 0.6) is 5.75 Å². The van der Waals surface area contributed by atoms with E-state index in [1.165, 1.54) is 6.07 Å². The van der Waals surface area contributed by atoms with Crippen LogP contribution in [0.2, 0.25) is 5.02 Å². The highest BCUT2D eigenvalue weighted by molar-refractivity contribution is 6.31. The molecule has 1 N–H and O–H groups in total. The molecule has 11 heteroatoms. The number of halogens is 4. The van der Waals surface area contributed by atoms with Crippen molar-refractivity contribution in [3.63, 3.8) is 0 Å². The SMILES string of the molecule is O=C1CC(C(=O)NC23CC(n4cnc(-c5ccc(C(F)(F)F)nc5)c4)(C2)C3)Oc2ccc(Cl)cc21. The standard InChI is InChI=1S/C24H18ClF3N4O3/c25-14-2-3-18-15(5-14)17(33)6-19(35-18)21(34)31-22-9-23(10-22,11-22)32-8-16(30-12-32)13-1-4-20(29-7-13)24(26,27)28/h1-5,7-8,12,19H,6,9-11H2,(H,31,34). The second-order valence-corrected chi connectivity index (χ2v) is 9.93. The molecule has 2 bridgehead atoms. The smallest absolute Gasteiger partial charge is 0.433 e. The van der Waals surface area contributed by atoms with Crippen LogP contribution in [-0.4, -0.2) is 37.9 Å². The number of Topliss-reactive ketones (excluding diaryl/α,β-unsaturated/α-hetero) is 1. The molecule has 2 aromatic heterocycles. The van der Waals surface area contributed by atoms with E-state index in [-0.39, 0.29) is 29.2 Å². The van der Waals surface area contributed by atoms with Gasteiger partial charge in [-0.1, -0.05) is 11.6 Å². The molecule has 1 unspecified atom stereocenters. The number of amides is 1. The van der Waals surface area contributed by atoms with Crippen LogP contribution in [0.15, 0.2) is 49.1 Å². The van der Waals surface area contributed by atoms with Crippen molar-refractivity contribution in [3.8, 4) is 17.0 Å². The van der Waals surface area contributed by atoms with E-state index < -0.39 is 18.0 Å². The summed E-state index contributed by atoms with van der Waals surface area (Å²) in [5.41, 5.74) is -0.0953. The molecular formula is C24H18ClF3N4O3. The van der Waals surface area contributed by atoms with Crippen LogP contribution in [0.3, 0.4) is 0 Å². The van der Waals surface area contributed by atoms with Gasteiger partial charge in [-0.3, -0.25) is 14.6 Å². The Hall–Kier alpha value is -3.40. The lowest BCUT2D eigenvalue weighted by Crippen LogP contribution is -2.79. The molecule has 1 atom stereocenters. The molecule has 7 rings (SSSR count). The summed E-state index contributed by atoms with van der Waals surface area (Å²) in [4.78, 5) is 33.1. The Labute approximate surface area is 202 Å². The minimum atomic E-state index is -4.49. The van der Waals surface area contributed by atoms with Gasteiger partial charge < -0.3 is 14.6 Å². The van der Waals surface area contributed by atoms with Crippen LogP contribution in [0, 0.1) is 0 Å². The zero-order valence-electron chi connectivity index (χ0n) is 18.1. The Bertz CT molecular complexity index is 1350. The summed E-state index contributed by atoms with van der Waals surface area (Å²) < 4.78 is 45.9. The Morgan fingerprint density at radius 3 is 2.63 bits per heavy atom. The number of imidazole rings is 1. The molecule has 3 heterocycles. The van der Waals surface area contributed by atoms with Crippen molar-refractivity contribution in [1.82, 2.24) is 19.9 Å². The molecule has 1 aliphatic heterocycles. The highest BCUT2D eigenvalue weighted by atomic mass is 35.5. The van der Waals surface area contributed by atoms with Gasteiger partial charge in [-0.2, -0.15) is 13.2 Å². The molecule has 0 saturated heterocycles. The molecule has 35 heavy (non-hydrogen) atoms. The molecule has 3 fully saturated rings. The molecule has 3 aromatic rings. The van der Waals surface area contributed by atoms with E-state index in [0.717, 1.165) is 12.3 Å². The number of hydrogen-bond acceptors (Lipinski definition) is 5. The monoisotopic (exact) mass is 502 g/mol. The van der Waals surface area contributed by atoms with Crippen LogP contribution in [-0.2, 0) is 16.5 Å². The number of pyridine rings is 1. The Balaban J connectivity index is 1.09. The van der Waals surface area contributed by atoms with E-state index in [0.29, 0.717) is 46.9 Å². The average Bonchev–Trinajstić information content (AvgIpc) is 3.25. The first-order chi connectivity index (χ1) is 16.6. The van der Waals surface area contributed by atoms with Crippen molar-refractivity contribution >= 4 is 23.3 Å². The van der Waals surface area contributed by atoms with Gasteiger partial charge in [0.05, 0.1) is 29.5 Å². The number of fused-ring (bicyclic) bond motifs is 1. The Morgan fingerprint density at radius 1 is 1.17 bits per heavy atom. The number of aromatic nitrogens is 3.